The Morgan fingerprint density at radius 1 is 1.26 bits per heavy atom. The van der Waals surface area contributed by atoms with Crippen LogP contribution in [0.3, 0.4) is 0 Å². The van der Waals surface area contributed by atoms with Crippen LogP contribution >= 0.6 is 23.7 Å². The van der Waals surface area contributed by atoms with Gasteiger partial charge in [0, 0.05) is 24.5 Å². The Bertz CT molecular complexity index is 693. The summed E-state index contributed by atoms with van der Waals surface area (Å²) in [5, 5.41) is 3.45. The minimum absolute atomic E-state index is 0. The SMILES string of the molecule is CC1CCc2sc3c(N4CCCNCC4)nc(N)nc3c2C1.Cl. The molecule has 0 radical (unpaired) electrons. The third-order valence-electron chi connectivity index (χ3n) is 4.77. The van der Waals surface area contributed by atoms with Gasteiger partial charge in [-0.2, -0.15) is 4.98 Å². The molecule has 7 heteroatoms. The van der Waals surface area contributed by atoms with Crippen LogP contribution in [0, 0.1) is 5.92 Å². The molecule has 0 bridgehead atoms. The maximum absolute atomic E-state index is 6.04. The molecule has 1 unspecified atom stereocenters. The lowest BCUT2D eigenvalue weighted by molar-refractivity contribution is 0.508. The van der Waals surface area contributed by atoms with E-state index in [4.69, 9.17) is 5.73 Å². The number of halogens is 1. The van der Waals surface area contributed by atoms with Crippen LogP contribution in [-0.4, -0.2) is 36.1 Å². The normalized spacial score (nSPS) is 21.6. The summed E-state index contributed by atoms with van der Waals surface area (Å²) in [7, 11) is 0. The number of hydrogen-bond donors (Lipinski definition) is 2. The van der Waals surface area contributed by atoms with Gasteiger partial charge >= 0.3 is 0 Å². The fourth-order valence-electron chi connectivity index (χ4n) is 3.58. The van der Waals surface area contributed by atoms with Crippen LogP contribution in [0.4, 0.5) is 11.8 Å². The number of rotatable bonds is 1. The van der Waals surface area contributed by atoms with E-state index < -0.39 is 0 Å². The first kappa shape index (κ1) is 16.7. The molecule has 2 aromatic rings. The number of aryl methyl sites for hydroxylation is 1. The van der Waals surface area contributed by atoms with Gasteiger partial charge in [-0.25, -0.2) is 4.98 Å². The zero-order valence-electron chi connectivity index (χ0n) is 13.5. The molecule has 23 heavy (non-hydrogen) atoms. The van der Waals surface area contributed by atoms with Crippen LogP contribution in [0.15, 0.2) is 0 Å². The molecule has 3 heterocycles. The fraction of sp³-hybridized carbons (Fsp3) is 0.625. The summed E-state index contributed by atoms with van der Waals surface area (Å²) >= 11 is 1.89. The highest BCUT2D eigenvalue weighted by Crippen LogP contribution is 2.41. The first-order valence-electron chi connectivity index (χ1n) is 8.26. The largest absolute Gasteiger partial charge is 0.368 e. The molecule has 1 aliphatic heterocycles. The molecule has 0 amide bonds. The Kier molecular flexibility index (Phi) is 4.94. The molecule has 1 fully saturated rings. The van der Waals surface area contributed by atoms with E-state index in [0.717, 1.165) is 56.3 Å². The van der Waals surface area contributed by atoms with Crippen molar-refractivity contribution in [3.8, 4) is 0 Å². The molecule has 0 saturated carbocycles. The van der Waals surface area contributed by atoms with Gasteiger partial charge in [0.05, 0.1) is 10.2 Å². The van der Waals surface area contributed by atoms with Gasteiger partial charge in [-0.1, -0.05) is 6.92 Å². The summed E-state index contributed by atoms with van der Waals surface area (Å²) in [5.74, 6) is 2.21. The van der Waals surface area contributed by atoms with Gasteiger partial charge < -0.3 is 16.0 Å². The number of nitrogens with one attached hydrogen (secondary N) is 1. The van der Waals surface area contributed by atoms with E-state index in [9.17, 15) is 0 Å². The topological polar surface area (TPSA) is 67.1 Å². The molecular weight excluding hydrogens is 330 g/mol. The number of nitrogens with zero attached hydrogens (tertiary/aromatic N) is 3. The highest BCUT2D eigenvalue weighted by atomic mass is 35.5. The average molecular weight is 354 g/mol. The zero-order chi connectivity index (χ0) is 15.1. The van der Waals surface area contributed by atoms with E-state index in [1.165, 1.54) is 28.0 Å². The van der Waals surface area contributed by atoms with Crippen molar-refractivity contribution in [2.24, 2.45) is 5.92 Å². The third-order valence-corrected chi connectivity index (χ3v) is 6.05. The Morgan fingerprint density at radius 2 is 2.13 bits per heavy atom. The molecule has 1 atom stereocenters. The highest BCUT2D eigenvalue weighted by molar-refractivity contribution is 7.19. The number of hydrogen-bond acceptors (Lipinski definition) is 6. The predicted octanol–water partition coefficient (Wildman–Crippen LogP) is 2.62. The van der Waals surface area contributed by atoms with Crippen molar-refractivity contribution >= 4 is 45.7 Å². The summed E-state index contributed by atoms with van der Waals surface area (Å²) in [6.07, 6.45) is 4.74. The molecule has 2 aliphatic rings. The van der Waals surface area contributed by atoms with Gasteiger partial charge in [0.25, 0.3) is 0 Å². The van der Waals surface area contributed by atoms with E-state index in [0.29, 0.717) is 5.95 Å². The molecule has 126 valence electrons. The number of nitrogen functional groups attached to an aromatic ring is 1. The molecule has 5 nitrogen and oxygen atoms in total. The third kappa shape index (κ3) is 3.12. The van der Waals surface area contributed by atoms with Crippen LogP contribution in [0.25, 0.3) is 10.2 Å². The number of anilines is 2. The average Bonchev–Trinajstić information content (AvgIpc) is 2.70. The van der Waals surface area contributed by atoms with Crippen molar-refractivity contribution in [1.82, 2.24) is 15.3 Å². The monoisotopic (exact) mass is 353 g/mol. The maximum atomic E-state index is 6.04. The quantitative estimate of drug-likeness (QED) is 0.824. The molecule has 1 saturated heterocycles. The smallest absolute Gasteiger partial charge is 0.222 e. The Labute approximate surface area is 147 Å². The molecule has 2 aromatic heterocycles. The number of thiophene rings is 1. The van der Waals surface area contributed by atoms with E-state index in [1.807, 2.05) is 11.3 Å². The first-order valence-corrected chi connectivity index (χ1v) is 9.07. The molecule has 4 rings (SSSR count). The molecule has 0 aromatic carbocycles. The van der Waals surface area contributed by atoms with Crippen LogP contribution in [-0.2, 0) is 12.8 Å². The van der Waals surface area contributed by atoms with Crippen molar-refractivity contribution in [2.75, 3.05) is 36.8 Å². The second-order valence-electron chi connectivity index (χ2n) is 6.53. The lowest BCUT2D eigenvalue weighted by atomic mass is 9.89. The summed E-state index contributed by atoms with van der Waals surface area (Å²) in [6.45, 7) is 6.45. The van der Waals surface area contributed by atoms with Gasteiger partial charge in [-0.05, 0) is 43.7 Å². The van der Waals surface area contributed by atoms with Crippen molar-refractivity contribution in [2.45, 2.75) is 32.6 Å². The fourth-order valence-corrected chi connectivity index (χ4v) is 4.88. The van der Waals surface area contributed by atoms with Gasteiger partial charge in [0.1, 0.15) is 0 Å². The Balaban J connectivity index is 0.00000156. The predicted molar refractivity (Wildman–Crippen MR) is 100.0 cm³/mol. The van der Waals surface area contributed by atoms with Crippen LogP contribution in [0.1, 0.15) is 30.2 Å². The second-order valence-corrected chi connectivity index (χ2v) is 7.63. The van der Waals surface area contributed by atoms with E-state index in [2.05, 4.69) is 27.1 Å². The van der Waals surface area contributed by atoms with Gasteiger partial charge in [0.2, 0.25) is 5.95 Å². The van der Waals surface area contributed by atoms with Gasteiger partial charge in [-0.3, -0.25) is 0 Å². The van der Waals surface area contributed by atoms with Crippen LogP contribution in [0.5, 0.6) is 0 Å². The van der Waals surface area contributed by atoms with Crippen molar-refractivity contribution in [1.29, 1.82) is 0 Å². The molecule has 0 spiro atoms. The second kappa shape index (κ2) is 6.79. The van der Waals surface area contributed by atoms with Gasteiger partial charge in [-0.15, -0.1) is 23.7 Å². The summed E-state index contributed by atoms with van der Waals surface area (Å²) < 4.78 is 1.25. The maximum Gasteiger partial charge on any atom is 0.222 e. The van der Waals surface area contributed by atoms with Gasteiger partial charge in [0.15, 0.2) is 5.82 Å². The van der Waals surface area contributed by atoms with E-state index in [-0.39, 0.29) is 12.4 Å². The Morgan fingerprint density at radius 3 is 3.00 bits per heavy atom. The number of fused-ring (bicyclic) bond motifs is 3. The summed E-state index contributed by atoms with van der Waals surface area (Å²) in [5.41, 5.74) is 8.59. The minimum Gasteiger partial charge on any atom is -0.368 e. The molecular formula is C16H24ClN5S. The van der Waals surface area contributed by atoms with Crippen molar-refractivity contribution in [3.63, 3.8) is 0 Å². The lowest BCUT2D eigenvalue weighted by Gasteiger charge is -2.21. The van der Waals surface area contributed by atoms with Crippen LogP contribution in [0.2, 0.25) is 0 Å². The number of aromatic nitrogens is 2. The zero-order valence-corrected chi connectivity index (χ0v) is 15.1. The highest BCUT2D eigenvalue weighted by Gasteiger charge is 2.25. The van der Waals surface area contributed by atoms with Crippen molar-refractivity contribution < 1.29 is 0 Å². The van der Waals surface area contributed by atoms with E-state index >= 15 is 0 Å². The molecule has 1 aliphatic carbocycles. The summed E-state index contributed by atoms with van der Waals surface area (Å²) in [6, 6.07) is 0. The minimum atomic E-state index is 0. The van der Waals surface area contributed by atoms with E-state index in [1.54, 1.807) is 0 Å². The molecule has 3 N–H and O–H groups in total. The lowest BCUT2D eigenvalue weighted by Crippen LogP contribution is -2.29. The van der Waals surface area contributed by atoms with Crippen molar-refractivity contribution in [3.05, 3.63) is 10.4 Å². The Hall–Kier alpha value is -1.11. The summed E-state index contributed by atoms with van der Waals surface area (Å²) in [4.78, 5) is 13.1. The first-order chi connectivity index (χ1) is 10.7. The number of nitrogens with two attached hydrogens (primary N) is 1. The van der Waals surface area contributed by atoms with Crippen LogP contribution < -0.4 is 16.0 Å². The standard InChI is InChI=1S/C16H23N5S.ClH/c1-10-3-4-12-11(9-10)13-14(22-12)15(20-16(17)19-13)21-7-2-5-18-6-8-21;/h10,18H,2-9H2,1H3,(H2,17,19,20);1H.